The van der Waals surface area contributed by atoms with Crippen LogP contribution in [-0.4, -0.2) is 47.0 Å². The van der Waals surface area contributed by atoms with E-state index in [4.69, 9.17) is 10.5 Å². The molecule has 110 valence electrons. The number of morpholine rings is 1. The summed E-state index contributed by atoms with van der Waals surface area (Å²) >= 11 is 0. The molecule has 1 aliphatic rings. The Balaban J connectivity index is 1.86. The molecule has 0 radical (unpaired) electrons. The van der Waals surface area contributed by atoms with Crippen molar-refractivity contribution < 1.29 is 14.3 Å². The maximum absolute atomic E-state index is 12.6. The Kier molecular flexibility index (Phi) is 3.17. The predicted molar refractivity (Wildman–Crippen MR) is 77.8 cm³/mol. The van der Waals surface area contributed by atoms with Gasteiger partial charge in [-0.05, 0) is 19.1 Å². The minimum absolute atomic E-state index is 0.151. The molecule has 6 heteroatoms. The number of carbonyl (C=O) groups excluding carboxylic acids is 2. The third kappa shape index (κ3) is 2.38. The van der Waals surface area contributed by atoms with Crippen molar-refractivity contribution >= 4 is 22.7 Å². The lowest BCUT2D eigenvalue weighted by Gasteiger charge is -2.38. The molecule has 1 fully saturated rings. The van der Waals surface area contributed by atoms with Crippen molar-refractivity contribution in [3.05, 3.63) is 36.0 Å². The molecular formula is C15H17N3O3. The van der Waals surface area contributed by atoms with Crippen LogP contribution in [-0.2, 0) is 9.53 Å². The average molecular weight is 287 g/mol. The number of aromatic nitrogens is 1. The Morgan fingerprint density at radius 3 is 2.86 bits per heavy atom. The SMILES string of the molecule is C[C@@]1(C(N)=O)CN(C(=O)c2cc3ccccc3[nH]2)CCO1. The number of aromatic amines is 1. The molecule has 6 nitrogen and oxygen atoms in total. The van der Waals surface area contributed by atoms with Crippen LogP contribution in [0.15, 0.2) is 30.3 Å². The van der Waals surface area contributed by atoms with Gasteiger partial charge in [-0.25, -0.2) is 0 Å². The largest absolute Gasteiger partial charge is 0.367 e. The van der Waals surface area contributed by atoms with E-state index in [2.05, 4.69) is 4.98 Å². The van der Waals surface area contributed by atoms with Gasteiger partial charge in [0.15, 0.2) is 5.60 Å². The molecular weight excluding hydrogens is 270 g/mol. The van der Waals surface area contributed by atoms with Gasteiger partial charge in [-0.3, -0.25) is 9.59 Å². The van der Waals surface area contributed by atoms with Crippen LogP contribution in [0.4, 0.5) is 0 Å². The number of primary amides is 1. The van der Waals surface area contributed by atoms with E-state index >= 15 is 0 Å². The smallest absolute Gasteiger partial charge is 0.270 e. The van der Waals surface area contributed by atoms with Gasteiger partial charge in [0.25, 0.3) is 11.8 Å². The van der Waals surface area contributed by atoms with Gasteiger partial charge in [-0.2, -0.15) is 0 Å². The lowest BCUT2D eigenvalue weighted by molar-refractivity contribution is -0.150. The number of para-hydroxylation sites is 1. The van der Waals surface area contributed by atoms with Crippen molar-refractivity contribution in [2.75, 3.05) is 19.7 Å². The Labute approximate surface area is 121 Å². The van der Waals surface area contributed by atoms with E-state index < -0.39 is 11.5 Å². The molecule has 1 aromatic carbocycles. The molecule has 0 bridgehead atoms. The standard InChI is InChI=1S/C15H17N3O3/c1-15(14(16)20)9-18(6-7-21-15)13(19)12-8-10-4-2-3-5-11(10)17-12/h2-5,8,17H,6-7,9H2,1H3,(H2,16,20)/t15-/m0/s1. The zero-order valence-electron chi connectivity index (χ0n) is 11.8. The third-order valence-corrected chi connectivity index (χ3v) is 3.84. The zero-order valence-corrected chi connectivity index (χ0v) is 11.8. The van der Waals surface area contributed by atoms with Crippen molar-refractivity contribution in [1.82, 2.24) is 9.88 Å². The Morgan fingerprint density at radius 1 is 1.38 bits per heavy atom. The molecule has 3 N–H and O–H groups in total. The Hall–Kier alpha value is -2.34. The highest BCUT2D eigenvalue weighted by Crippen LogP contribution is 2.21. The van der Waals surface area contributed by atoms with Gasteiger partial charge >= 0.3 is 0 Å². The number of rotatable bonds is 2. The summed E-state index contributed by atoms with van der Waals surface area (Å²) in [6.07, 6.45) is 0. The quantitative estimate of drug-likeness (QED) is 0.859. The van der Waals surface area contributed by atoms with Crippen LogP contribution >= 0.6 is 0 Å². The monoisotopic (exact) mass is 287 g/mol. The van der Waals surface area contributed by atoms with E-state index in [-0.39, 0.29) is 12.5 Å². The Morgan fingerprint density at radius 2 is 2.14 bits per heavy atom. The fraction of sp³-hybridized carbons (Fsp3) is 0.333. The van der Waals surface area contributed by atoms with Crippen LogP contribution in [0.1, 0.15) is 17.4 Å². The number of nitrogens with zero attached hydrogens (tertiary/aromatic N) is 1. The summed E-state index contributed by atoms with van der Waals surface area (Å²) in [5.74, 6) is -0.710. The first kappa shape index (κ1) is 13.6. The summed E-state index contributed by atoms with van der Waals surface area (Å²) in [6, 6.07) is 9.50. The highest BCUT2D eigenvalue weighted by atomic mass is 16.5. The molecule has 2 amide bonds. The lowest BCUT2D eigenvalue weighted by atomic mass is 10.0. The van der Waals surface area contributed by atoms with Crippen LogP contribution in [0.25, 0.3) is 10.9 Å². The lowest BCUT2D eigenvalue weighted by Crippen LogP contribution is -2.58. The second-order valence-electron chi connectivity index (χ2n) is 5.44. The molecule has 3 rings (SSSR count). The molecule has 0 aliphatic carbocycles. The number of hydrogen-bond donors (Lipinski definition) is 2. The van der Waals surface area contributed by atoms with Gasteiger partial charge in [0.05, 0.1) is 13.2 Å². The fourth-order valence-electron chi connectivity index (χ4n) is 2.55. The maximum Gasteiger partial charge on any atom is 0.270 e. The molecule has 2 heterocycles. The van der Waals surface area contributed by atoms with Crippen LogP contribution in [0, 0.1) is 0 Å². The summed E-state index contributed by atoms with van der Waals surface area (Å²) in [5.41, 5.74) is 5.64. The number of H-pyrrole nitrogens is 1. The van der Waals surface area contributed by atoms with E-state index in [1.807, 2.05) is 30.3 Å². The minimum atomic E-state index is -1.13. The van der Waals surface area contributed by atoms with E-state index in [9.17, 15) is 9.59 Å². The van der Waals surface area contributed by atoms with E-state index in [0.29, 0.717) is 18.8 Å². The molecule has 2 aromatic rings. The van der Waals surface area contributed by atoms with Gasteiger partial charge in [0.1, 0.15) is 5.69 Å². The second kappa shape index (κ2) is 4.89. The number of hydrogen-bond acceptors (Lipinski definition) is 3. The zero-order chi connectivity index (χ0) is 15.0. The molecule has 1 saturated heterocycles. The summed E-state index contributed by atoms with van der Waals surface area (Å²) in [5, 5.41) is 0.978. The van der Waals surface area contributed by atoms with Gasteiger partial charge in [0, 0.05) is 17.4 Å². The number of amides is 2. The fourth-order valence-corrected chi connectivity index (χ4v) is 2.55. The van der Waals surface area contributed by atoms with Crippen molar-refractivity contribution in [3.63, 3.8) is 0 Å². The number of benzene rings is 1. The summed E-state index contributed by atoms with van der Waals surface area (Å²) in [4.78, 5) is 28.7. The van der Waals surface area contributed by atoms with Crippen LogP contribution in [0.5, 0.6) is 0 Å². The molecule has 21 heavy (non-hydrogen) atoms. The first-order chi connectivity index (χ1) is 9.99. The number of nitrogens with one attached hydrogen (secondary N) is 1. The van der Waals surface area contributed by atoms with E-state index in [1.54, 1.807) is 11.8 Å². The predicted octanol–water partition coefficient (Wildman–Crippen LogP) is 0.884. The average Bonchev–Trinajstić information content (AvgIpc) is 2.90. The molecule has 1 atom stereocenters. The van der Waals surface area contributed by atoms with Gasteiger partial charge in [0.2, 0.25) is 0 Å². The number of nitrogens with two attached hydrogens (primary N) is 1. The van der Waals surface area contributed by atoms with Gasteiger partial charge < -0.3 is 20.4 Å². The van der Waals surface area contributed by atoms with Crippen molar-refractivity contribution in [2.24, 2.45) is 5.73 Å². The Bertz CT molecular complexity index is 676. The number of ether oxygens (including phenoxy) is 1. The molecule has 1 aromatic heterocycles. The van der Waals surface area contributed by atoms with E-state index in [0.717, 1.165) is 10.9 Å². The molecule has 0 unspecified atom stereocenters. The van der Waals surface area contributed by atoms with Gasteiger partial charge in [-0.15, -0.1) is 0 Å². The minimum Gasteiger partial charge on any atom is -0.367 e. The summed E-state index contributed by atoms with van der Waals surface area (Å²) in [7, 11) is 0. The summed E-state index contributed by atoms with van der Waals surface area (Å²) in [6.45, 7) is 2.51. The van der Waals surface area contributed by atoms with Crippen molar-refractivity contribution in [2.45, 2.75) is 12.5 Å². The van der Waals surface area contributed by atoms with E-state index in [1.165, 1.54) is 0 Å². The highest BCUT2D eigenvalue weighted by Gasteiger charge is 2.39. The molecule has 1 aliphatic heterocycles. The van der Waals surface area contributed by atoms with Crippen molar-refractivity contribution in [3.8, 4) is 0 Å². The maximum atomic E-state index is 12.6. The van der Waals surface area contributed by atoms with Crippen LogP contribution < -0.4 is 5.73 Å². The van der Waals surface area contributed by atoms with Crippen LogP contribution in [0.2, 0.25) is 0 Å². The first-order valence-electron chi connectivity index (χ1n) is 6.80. The number of fused-ring (bicyclic) bond motifs is 1. The first-order valence-corrected chi connectivity index (χ1v) is 6.80. The highest BCUT2D eigenvalue weighted by molar-refractivity contribution is 5.98. The van der Waals surface area contributed by atoms with Crippen LogP contribution in [0.3, 0.4) is 0 Å². The normalized spacial score (nSPS) is 22.4. The topological polar surface area (TPSA) is 88.4 Å². The van der Waals surface area contributed by atoms with Crippen molar-refractivity contribution in [1.29, 1.82) is 0 Å². The number of carbonyl (C=O) groups is 2. The third-order valence-electron chi connectivity index (χ3n) is 3.84. The molecule has 0 saturated carbocycles. The van der Waals surface area contributed by atoms with Gasteiger partial charge in [-0.1, -0.05) is 18.2 Å². The molecule has 0 spiro atoms. The second-order valence-corrected chi connectivity index (χ2v) is 5.44. The summed E-state index contributed by atoms with van der Waals surface area (Å²) < 4.78 is 5.42.